The van der Waals surface area contributed by atoms with Crippen LogP contribution in [-0.4, -0.2) is 91.7 Å². The summed E-state index contributed by atoms with van der Waals surface area (Å²) in [5.74, 6) is -0.450. The number of aliphatic hydroxyl groups is 1. The zero-order valence-corrected chi connectivity index (χ0v) is 22.6. The van der Waals surface area contributed by atoms with Crippen LogP contribution in [0.1, 0.15) is 58.8 Å². The lowest BCUT2D eigenvalue weighted by molar-refractivity contribution is -0.130. The van der Waals surface area contributed by atoms with Gasteiger partial charge in [0.1, 0.15) is 0 Å². The Morgan fingerprint density at radius 3 is 2.60 bits per heavy atom. The molecule has 9 nitrogen and oxygen atoms in total. The molecule has 3 aliphatic rings. The second-order valence-corrected chi connectivity index (χ2v) is 11.9. The Kier molecular flexibility index (Phi) is 11.1. The van der Waals surface area contributed by atoms with Gasteiger partial charge < -0.3 is 37.3 Å². The van der Waals surface area contributed by atoms with Gasteiger partial charge in [-0.2, -0.15) is 0 Å². The third-order valence-corrected chi connectivity index (χ3v) is 9.21. The number of carbonyl (C=O) groups is 1. The molecule has 0 saturated carbocycles. The van der Waals surface area contributed by atoms with E-state index < -0.39 is 18.4 Å². The van der Waals surface area contributed by atoms with Gasteiger partial charge in [0, 0.05) is 43.6 Å². The fraction of sp³-hybridized carbons (Fsp3) is 0.960. The van der Waals surface area contributed by atoms with Crippen molar-refractivity contribution in [3.8, 4) is 0 Å². The summed E-state index contributed by atoms with van der Waals surface area (Å²) in [4.78, 5) is 16.2. The molecule has 1 amide bonds. The molecule has 0 aromatic carbocycles. The predicted octanol–water partition coefficient (Wildman–Crippen LogP) is 0.535. The Hall–Kier alpha value is -0.520. The minimum Gasteiger partial charge on any atom is -0.368 e. The maximum Gasteiger partial charge on any atom is 0.227 e. The van der Waals surface area contributed by atoms with Crippen LogP contribution in [0.25, 0.3) is 0 Å². The number of amides is 1. The molecule has 0 bridgehead atoms. The molecule has 35 heavy (non-hydrogen) atoms. The largest absolute Gasteiger partial charge is 0.368 e. The summed E-state index contributed by atoms with van der Waals surface area (Å²) < 4.78 is 5.13. The Morgan fingerprint density at radius 2 is 1.97 bits per heavy atom. The first-order chi connectivity index (χ1) is 16.7. The van der Waals surface area contributed by atoms with Crippen LogP contribution >= 0.6 is 11.6 Å². The molecule has 0 aliphatic carbocycles. The van der Waals surface area contributed by atoms with Crippen LogP contribution in [0.15, 0.2) is 0 Å². The van der Waals surface area contributed by atoms with E-state index in [0.717, 1.165) is 71.1 Å². The van der Waals surface area contributed by atoms with Crippen LogP contribution < -0.4 is 27.4 Å². The van der Waals surface area contributed by atoms with E-state index >= 15 is 0 Å². The molecule has 0 spiro atoms. The van der Waals surface area contributed by atoms with E-state index in [0.29, 0.717) is 6.54 Å². The van der Waals surface area contributed by atoms with Crippen LogP contribution in [0, 0.1) is 17.3 Å². The quantitative estimate of drug-likeness (QED) is 0.203. The average molecular weight is 517 g/mol. The minimum absolute atomic E-state index is 0.0201. The van der Waals surface area contributed by atoms with Crippen molar-refractivity contribution in [1.82, 2.24) is 20.9 Å². The number of ether oxygens (including phenoxy) is 1. The van der Waals surface area contributed by atoms with Gasteiger partial charge in [-0.1, -0.05) is 20.3 Å². The molecular weight excluding hydrogens is 468 g/mol. The highest BCUT2D eigenvalue weighted by atomic mass is 35.5. The van der Waals surface area contributed by atoms with Crippen LogP contribution in [0.4, 0.5) is 0 Å². The number of nitrogens with zero attached hydrogens (tertiary/aromatic N) is 1. The molecule has 0 radical (unpaired) electrons. The molecule has 3 fully saturated rings. The zero-order chi connectivity index (χ0) is 25.6. The normalized spacial score (nSPS) is 35.8. The van der Waals surface area contributed by atoms with Gasteiger partial charge in [0.15, 0.2) is 6.29 Å². The van der Waals surface area contributed by atoms with Crippen molar-refractivity contribution in [1.29, 1.82) is 0 Å². The van der Waals surface area contributed by atoms with Crippen molar-refractivity contribution < 1.29 is 14.6 Å². The molecule has 0 aromatic rings. The van der Waals surface area contributed by atoms with Crippen molar-refractivity contribution >= 4 is 17.5 Å². The molecule has 6 unspecified atom stereocenters. The van der Waals surface area contributed by atoms with Crippen LogP contribution in [0.2, 0.25) is 0 Å². The highest BCUT2D eigenvalue weighted by molar-refractivity contribution is 6.20. The fourth-order valence-corrected chi connectivity index (χ4v) is 6.43. The first kappa shape index (κ1) is 29.0. The zero-order valence-electron chi connectivity index (χ0n) is 21.8. The topological polar surface area (TPSA) is 138 Å². The monoisotopic (exact) mass is 516 g/mol. The van der Waals surface area contributed by atoms with E-state index in [4.69, 9.17) is 27.8 Å². The first-order valence-corrected chi connectivity index (χ1v) is 14.0. The summed E-state index contributed by atoms with van der Waals surface area (Å²) in [5.41, 5.74) is 12.6. The van der Waals surface area contributed by atoms with Gasteiger partial charge >= 0.3 is 0 Å². The first-order valence-electron chi connectivity index (χ1n) is 13.5. The number of alkyl halides is 1. The van der Waals surface area contributed by atoms with E-state index in [2.05, 4.69) is 34.7 Å². The number of nitrogens with two attached hydrogens (primary N) is 2. The van der Waals surface area contributed by atoms with Gasteiger partial charge in [0.2, 0.25) is 5.91 Å². The van der Waals surface area contributed by atoms with Gasteiger partial charge in [-0.05, 0) is 63.6 Å². The average Bonchev–Trinajstić information content (AvgIpc) is 2.85. The molecule has 204 valence electrons. The molecule has 10 heteroatoms. The minimum atomic E-state index is -0.761. The Balaban J connectivity index is 1.68. The van der Waals surface area contributed by atoms with Gasteiger partial charge in [-0.25, -0.2) is 0 Å². The lowest BCUT2D eigenvalue weighted by atomic mass is 9.73. The molecule has 3 heterocycles. The number of hydrogen-bond donors (Lipinski definition) is 6. The van der Waals surface area contributed by atoms with E-state index in [-0.39, 0.29) is 40.7 Å². The van der Waals surface area contributed by atoms with Crippen molar-refractivity contribution in [2.24, 2.45) is 28.7 Å². The van der Waals surface area contributed by atoms with Crippen LogP contribution in [0.5, 0.6) is 0 Å². The number of methoxy groups -OCH3 is 1. The van der Waals surface area contributed by atoms with Crippen molar-refractivity contribution in [2.45, 2.75) is 94.8 Å². The second-order valence-electron chi connectivity index (χ2n) is 11.3. The maximum atomic E-state index is 13.7. The standard InChI is InChI=1S/C25H49ClN6O3/c1-4-25(2)9-5-17(26)14-30-18(13-25)21(22(27)28)23(33)31-19-15-29-10-6-20(19)32-11-7-16(8-12-32)24(34)35-3/h16-22,24,29-30,34H,4-15,27-28H2,1-3H3,(H,31,33)/t17?,18?,19?,20?,21?,24?,25-/m1/s1. The number of hydrogen-bond acceptors (Lipinski definition) is 8. The van der Waals surface area contributed by atoms with Crippen molar-refractivity contribution in [3.63, 3.8) is 0 Å². The van der Waals surface area contributed by atoms with Gasteiger partial charge in [0.25, 0.3) is 0 Å². The Morgan fingerprint density at radius 1 is 1.26 bits per heavy atom. The smallest absolute Gasteiger partial charge is 0.227 e. The van der Waals surface area contributed by atoms with Gasteiger partial charge in [-0.3, -0.25) is 9.69 Å². The van der Waals surface area contributed by atoms with E-state index in [9.17, 15) is 9.90 Å². The molecule has 3 rings (SSSR count). The van der Waals surface area contributed by atoms with Crippen molar-refractivity contribution in [3.05, 3.63) is 0 Å². The lowest BCUT2D eigenvalue weighted by Crippen LogP contribution is -2.64. The van der Waals surface area contributed by atoms with E-state index in [1.54, 1.807) is 7.11 Å². The number of halogens is 1. The second kappa shape index (κ2) is 13.3. The number of likely N-dealkylation sites (tertiary alicyclic amines) is 1. The highest BCUT2D eigenvalue weighted by Gasteiger charge is 2.41. The van der Waals surface area contributed by atoms with E-state index in [1.165, 1.54) is 0 Å². The summed E-state index contributed by atoms with van der Waals surface area (Å²) in [6, 6.07) is 0.102. The molecule has 3 saturated heterocycles. The lowest BCUT2D eigenvalue weighted by Gasteiger charge is -2.45. The fourth-order valence-electron chi connectivity index (χ4n) is 6.23. The molecule has 0 aromatic heterocycles. The third-order valence-electron chi connectivity index (χ3n) is 8.84. The van der Waals surface area contributed by atoms with Crippen LogP contribution in [0.3, 0.4) is 0 Å². The summed E-state index contributed by atoms with van der Waals surface area (Å²) >= 11 is 6.54. The summed E-state index contributed by atoms with van der Waals surface area (Å²) in [6.07, 6.45) is 5.13. The number of nitrogens with one attached hydrogen (secondary N) is 3. The molecule has 7 atom stereocenters. The predicted molar refractivity (Wildman–Crippen MR) is 140 cm³/mol. The summed E-state index contributed by atoms with van der Waals surface area (Å²) in [6.45, 7) is 8.55. The number of rotatable bonds is 8. The Labute approximate surface area is 216 Å². The number of aliphatic hydroxyl groups excluding tert-OH is 1. The Bertz CT molecular complexity index is 665. The highest BCUT2D eigenvalue weighted by Crippen LogP contribution is 2.37. The van der Waals surface area contributed by atoms with Crippen LogP contribution in [-0.2, 0) is 9.53 Å². The number of carbonyl (C=O) groups excluding carboxylic acids is 1. The third kappa shape index (κ3) is 7.74. The molecular formula is C25H49ClN6O3. The summed E-state index contributed by atoms with van der Waals surface area (Å²) in [7, 11) is 1.55. The molecule has 8 N–H and O–H groups in total. The number of piperidine rings is 2. The van der Waals surface area contributed by atoms with E-state index in [1.807, 2.05) is 0 Å². The van der Waals surface area contributed by atoms with Gasteiger partial charge in [0.05, 0.1) is 18.1 Å². The maximum absolute atomic E-state index is 13.7. The summed E-state index contributed by atoms with van der Waals surface area (Å²) in [5, 5.41) is 20.4. The SMILES string of the molecule is CC[C@]1(C)CCC(Cl)CNC(C(C(=O)NC2CNCCC2N2CCC(C(O)OC)CC2)C(N)N)C1. The molecule has 3 aliphatic heterocycles. The van der Waals surface area contributed by atoms with Gasteiger partial charge in [-0.15, -0.1) is 11.6 Å². The van der Waals surface area contributed by atoms with Crippen molar-refractivity contribution in [2.75, 3.05) is 39.8 Å².